The molecule has 3 rings (SSSR count). The predicted molar refractivity (Wildman–Crippen MR) is 105 cm³/mol. The first-order valence-electron chi connectivity index (χ1n) is 8.25. The largest absolute Gasteiger partial charge is 0.495 e. The van der Waals surface area contributed by atoms with Gasteiger partial charge in [0.15, 0.2) is 0 Å². The Morgan fingerprint density at radius 2 is 1.89 bits per heavy atom. The van der Waals surface area contributed by atoms with Crippen molar-refractivity contribution in [1.29, 1.82) is 0 Å². The van der Waals surface area contributed by atoms with Gasteiger partial charge in [0.1, 0.15) is 5.75 Å². The lowest BCUT2D eigenvalue weighted by Crippen LogP contribution is -2.40. The Morgan fingerprint density at radius 3 is 2.59 bits per heavy atom. The molecule has 0 radical (unpaired) electrons. The number of rotatable bonds is 5. The zero-order valence-electron chi connectivity index (χ0n) is 14.6. The van der Waals surface area contributed by atoms with Crippen molar-refractivity contribution in [3.05, 3.63) is 52.5 Å². The zero-order chi connectivity index (χ0) is 19.4. The highest BCUT2D eigenvalue weighted by atomic mass is 79.9. The minimum absolute atomic E-state index is 0.0528. The molecule has 0 atom stereocenters. The average Bonchev–Trinajstić information content (AvgIpc) is 2.69. The van der Waals surface area contributed by atoms with Crippen LogP contribution in [0.2, 0.25) is 0 Å². The lowest BCUT2D eigenvalue weighted by Gasteiger charge is -2.26. The fourth-order valence-corrected chi connectivity index (χ4v) is 5.07. The fourth-order valence-electron chi connectivity index (χ4n) is 2.71. The first-order valence-corrected chi connectivity index (χ1v) is 10.5. The van der Waals surface area contributed by atoms with Crippen LogP contribution in [0.5, 0.6) is 5.75 Å². The number of morpholine rings is 1. The van der Waals surface area contributed by atoms with E-state index < -0.39 is 15.9 Å². The molecular weight excluding hydrogens is 436 g/mol. The van der Waals surface area contributed by atoms with Crippen LogP contribution in [0.1, 0.15) is 10.4 Å². The summed E-state index contributed by atoms with van der Waals surface area (Å²) >= 11 is 3.28. The molecule has 1 heterocycles. The number of benzene rings is 2. The van der Waals surface area contributed by atoms with Crippen molar-refractivity contribution in [2.45, 2.75) is 4.90 Å². The molecule has 1 aliphatic heterocycles. The summed E-state index contributed by atoms with van der Waals surface area (Å²) in [6.45, 7) is 1.27. The molecule has 2 aromatic carbocycles. The van der Waals surface area contributed by atoms with E-state index in [9.17, 15) is 13.2 Å². The smallest absolute Gasteiger partial charge is 0.255 e. The molecule has 9 heteroatoms. The van der Waals surface area contributed by atoms with E-state index in [2.05, 4.69) is 21.2 Å². The average molecular weight is 455 g/mol. The molecule has 0 aromatic heterocycles. The van der Waals surface area contributed by atoms with Gasteiger partial charge in [0.05, 0.1) is 30.9 Å². The van der Waals surface area contributed by atoms with Crippen molar-refractivity contribution in [2.24, 2.45) is 0 Å². The van der Waals surface area contributed by atoms with Gasteiger partial charge in [0, 0.05) is 23.1 Å². The second-order valence-electron chi connectivity index (χ2n) is 5.82. The Morgan fingerprint density at radius 1 is 1.19 bits per heavy atom. The third-order valence-electron chi connectivity index (χ3n) is 4.14. The van der Waals surface area contributed by atoms with Crippen molar-refractivity contribution in [3.63, 3.8) is 0 Å². The molecule has 7 nitrogen and oxygen atoms in total. The molecule has 0 bridgehead atoms. The maximum atomic E-state index is 12.9. The van der Waals surface area contributed by atoms with Crippen LogP contribution >= 0.6 is 15.9 Å². The number of nitrogens with one attached hydrogen (secondary N) is 1. The number of carbonyl (C=O) groups excluding carboxylic acids is 1. The molecular formula is C18H19BrN2O5S. The van der Waals surface area contributed by atoms with Gasteiger partial charge in [-0.15, -0.1) is 0 Å². The summed E-state index contributed by atoms with van der Waals surface area (Å²) in [7, 11) is -2.22. The minimum atomic E-state index is -3.73. The molecule has 0 unspecified atom stereocenters. The fraction of sp³-hybridized carbons (Fsp3) is 0.278. The second kappa shape index (κ2) is 8.39. The molecule has 1 fully saturated rings. The third-order valence-corrected chi connectivity index (χ3v) is 7.03. The van der Waals surface area contributed by atoms with E-state index in [0.717, 1.165) is 0 Å². The number of nitrogens with zero attached hydrogens (tertiary/aromatic N) is 1. The van der Waals surface area contributed by atoms with E-state index in [4.69, 9.17) is 9.47 Å². The second-order valence-corrected chi connectivity index (χ2v) is 8.58. The molecule has 27 heavy (non-hydrogen) atoms. The van der Waals surface area contributed by atoms with Crippen LogP contribution < -0.4 is 10.1 Å². The molecule has 144 valence electrons. The summed E-state index contributed by atoms with van der Waals surface area (Å²) in [5, 5.41) is 2.75. The highest BCUT2D eigenvalue weighted by Gasteiger charge is 2.29. The Kier molecular flexibility index (Phi) is 6.15. The van der Waals surface area contributed by atoms with Gasteiger partial charge in [0.25, 0.3) is 5.91 Å². The monoisotopic (exact) mass is 454 g/mol. The third kappa shape index (κ3) is 4.32. The summed E-state index contributed by atoms with van der Waals surface area (Å²) < 4.78 is 38.1. The summed E-state index contributed by atoms with van der Waals surface area (Å²) in [5.74, 6) is 0.0922. The van der Waals surface area contributed by atoms with E-state index in [1.807, 2.05) is 0 Å². The zero-order valence-corrected chi connectivity index (χ0v) is 17.0. The number of methoxy groups -OCH3 is 1. The summed E-state index contributed by atoms with van der Waals surface area (Å²) in [4.78, 5) is 12.7. The van der Waals surface area contributed by atoms with Crippen LogP contribution in [0.3, 0.4) is 0 Å². The Labute approximate surface area is 166 Å². The number of halogens is 1. The molecule has 2 aromatic rings. The topological polar surface area (TPSA) is 84.9 Å². The van der Waals surface area contributed by atoms with Gasteiger partial charge < -0.3 is 14.8 Å². The van der Waals surface area contributed by atoms with Crippen LogP contribution in [-0.4, -0.2) is 52.0 Å². The number of carbonyl (C=O) groups is 1. The minimum Gasteiger partial charge on any atom is -0.495 e. The van der Waals surface area contributed by atoms with E-state index in [1.54, 1.807) is 36.4 Å². The summed E-state index contributed by atoms with van der Waals surface area (Å²) in [5.41, 5.74) is 0.737. The van der Waals surface area contributed by atoms with Gasteiger partial charge >= 0.3 is 0 Å². The number of hydrogen-bond acceptors (Lipinski definition) is 5. The Hall–Kier alpha value is -1.94. The van der Waals surface area contributed by atoms with E-state index in [-0.39, 0.29) is 23.5 Å². The number of para-hydroxylation sites is 2. The Bertz CT molecular complexity index is 943. The van der Waals surface area contributed by atoms with E-state index in [0.29, 0.717) is 29.1 Å². The van der Waals surface area contributed by atoms with Crippen LogP contribution in [0.25, 0.3) is 0 Å². The van der Waals surface area contributed by atoms with Crippen LogP contribution in [0.15, 0.2) is 51.8 Å². The standard InChI is InChI=1S/C18H19BrN2O5S/c1-25-16-5-3-2-4-15(16)20-18(22)13-6-7-14(19)17(12-13)27(23,24)21-8-10-26-11-9-21/h2-7,12H,8-11H2,1H3,(H,20,22). The Balaban J connectivity index is 1.89. The molecule has 0 aliphatic carbocycles. The van der Waals surface area contributed by atoms with Crippen molar-refractivity contribution in [3.8, 4) is 5.75 Å². The number of amides is 1. The molecule has 1 N–H and O–H groups in total. The van der Waals surface area contributed by atoms with Crippen LogP contribution in [0.4, 0.5) is 5.69 Å². The highest BCUT2D eigenvalue weighted by molar-refractivity contribution is 9.10. The quantitative estimate of drug-likeness (QED) is 0.750. The maximum Gasteiger partial charge on any atom is 0.255 e. The first kappa shape index (κ1) is 19.8. The summed E-state index contributed by atoms with van der Waals surface area (Å²) in [6.07, 6.45) is 0. The normalized spacial score (nSPS) is 15.3. The van der Waals surface area contributed by atoms with Gasteiger partial charge in [-0.3, -0.25) is 4.79 Å². The molecule has 1 saturated heterocycles. The number of hydrogen-bond donors (Lipinski definition) is 1. The molecule has 0 saturated carbocycles. The van der Waals surface area contributed by atoms with E-state index >= 15 is 0 Å². The van der Waals surface area contributed by atoms with Crippen LogP contribution in [-0.2, 0) is 14.8 Å². The lowest BCUT2D eigenvalue weighted by molar-refractivity contribution is 0.0730. The van der Waals surface area contributed by atoms with Gasteiger partial charge in [-0.05, 0) is 46.3 Å². The highest BCUT2D eigenvalue weighted by Crippen LogP contribution is 2.28. The predicted octanol–water partition coefficient (Wildman–Crippen LogP) is 2.73. The van der Waals surface area contributed by atoms with Crippen molar-refractivity contribution in [2.75, 3.05) is 38.7 Å². The van der Waals surface area contributed by atoms with Gasteiger partial charge in [-0.25, -0.2) is 8.42 Å². The molecule has 1 aliphatic rings. The van der Waals surface area contributed by atoms with Gasteiger partial charge in [0.2, 0.25) is 10.0 Å². The van der Waals surface area contributed by atoms with Gasteiger partial charge in [-0.2, -0.15) is 4.31 Å². The molecule has 0 spiro atoms. The summed E-state index contributed by atoms with van der Waals surface area (Å²) in [6, 6.07) is 11.5. The van der Waals surface area contributed by atoms with Crippen molar-refractivity contribution in [1.82, 2.24) is 4.31 Å². The maximum absolute atomic E-state index is 12.9. The SMILES string of the molecule is COc1ccccc1NC(=O)c1ccc(Br)c(S(=O)(=O)N2CCOCC2)c1. The number of ether oxygens (including phenoxy) is 2. The first-order chi connectivity index (χ1) is 12.9. The number of sulfonamides is 1. The van der Waals surface area contributed by atoms with Gasteiger partial charge in [-0.1, -0.05) is 12.1 Å². The molecule has 1 amide bonds. The van der Waals surface area contributed by atoms with Crippen molar-refractivity contribution < 1.29 is 22.7 Å². The van der Waals surface area contributed by atoms with E-state index in [1.165, 1.54) is 17.5 Å². The number of anilines is 1. The van der Waals surface area contributed by atoms with Crippen molar-refractivity contribution >= 4 is 37.5 Å². The lowest BCUT2D eigenvalue weighted by atomic mass is 10.2. The van der Waals surface area contributed by atoms with Crippen LogP contribution in [0, 0.1) is 0 Å².